The molecule has 0 spiro atoms. The number of rotatable bonds is 6. The van der Waals surface area contributed by atoms with Gasteiger partial charge in [-0.1, -0.05) is 40.2 Å². The van der Waals surface area contributed by atoms with Crippen LogP contribution >= 0.6 is 15.9 Å². The van der Waals surface area contributed by atoms with Gasteiger partial charge in [0.1, 0.15) is 5.75 Å². The maximum Gasteiger partial charge on any atom is 0.206 e. The molecule has 0 aliphatic heterocycles. The average Bonchev–Trinajstić information content (AvgIpc) is 3.14. The Labute approximate surface area is 174 Å². The molecule has 0 bridgehead atoms. The predicted octanol–water partition coefficient (Wildman–Crippen LogP) is 5.76. The molecule has 0 saturated heterocycles. The Hall–Kier alpha value is -2.40. The number of phenols is 1. The number of hydrogen-bond acceptors (Lipinski definition) is 3. The zero-order chi connectivity index (χ0) is 20.4. The lowest BCUT2D eigenvalue weighted by molar-refractivity contribution is 0.0942. The van der Waals surface area contributed by atoms with Crippen molar-refractivity contribution in [2.45, 2.75) is 46.1 Å². The van der Waals surface area contributed by atoms with E-state index in [1.807, 2.05) is 74.9 Å². The van der Waals surface area contributed by atoms with Crippen LogP contribution in [0, 0.1) is 13.8 Å². The van der Waals surface area contributed by atoms with Crippen LogP contribution in [0.3, 0.4) is 0 Å². The molecule has 28 heavy (non-hydrogen) atoms. The highest BCUT2D eigenvalue weighted by molar-refractivity contribution is 9.10. The predicted molar refractivity (Wildman–Crippen MR) is 115 cm³/mol. The van der Waals surface area contributed by atoms with Crippen molar-refractivity contribution in [3.8, 4) is 5.75 Å². The molecule has 0 aliphatic carbocycles. The van der Waals surface area contributed by atoms with E-state index in [9.17, 15) is 9.90 Å². The number of ketones is 1. The second kappa shape index (κ2) is 8.31. The van der Waals surface area contributed by atoms with E-state index in [0.29, 0.717) is 18.0 Å². The Kier molecular flexibility index (Phi) is 6.04. The van der Waals surface area contributed by atoms with Crippen molar-refractivity contribution in [1.29, 1.82) is 0 Å². The van der Waals surface area contributed by atoms with Crippen LogP contribution in [0.5, 0.6) is 5.75 Å². The third kappa shape index (κ3) is 4.20. The first kappa shape index (κ1) is 20.3. The van der Waals surface area contributed by atoms with Crippen molar-refractivity contribution in [1.82, 2.24) is 9.55 Å². The number of aryl methyl sites for hydroxylation is 2. The minimum Gasteiger partial charge on any atom is -0.507 e. The number of nitrogens with zero attached hydrogens (tertiary/aromatic N) is 2. The van der Waals surface area contributed by atoms with Crippen LogP contribution in [0.2, 0.25) is 0 Å². The van der Waals surface area contributed by atoms with Crippen molar-refractivity contribution < 1.29 is 9.90 Å². The van der Waals surface area contributed by atoms with Gasteiger partial charge < -0.3 is 9.67 Å². The SMILES string of the molecule is Cc1cc(C[C@H](C(=O)c2nccn2C(C)C)c2ccc(Br)cc2)cc(C)c1O. The number of hydrogen-bond donors (Lipinski definition) is 1. The lowest BCUT2D eigenvalue weighted by Gasteiger charge is -2.19. The normalized spacial score (nSPS) is 12.4. The van der Waals surface area contributed by atoms with Crippen molar-refractivity contribution >= 4 is 21.7 Å². The third-order valence-corrected chi connectivity index (χ3v) is 5.55. The second-order valence-corrected chi connectivity index (χ2v) is 8.42. The molecule has 0 unspecified atom stereocenters. The zero-order valence-electron chi connectivity index (χ0n) is 16.6. The minimum absolute atomic E-state index is 0.00408. The van der Waals surface area contributed by atoms with E-state index in [-0.39, 0.29) is 17.7 Å². The van der Waals surface area contributed by atoms with E-state index >= 15 is 0 Å². The van der Waals surface area contributed by atoms with E-state index in [0.717, 1.165) is 26.7 Å². The van der Waals surface area contributed by atoms with Gasteiger partial charge in [0.25, 0.3) is 0 Å². The molecule has 1 atom stereocenters. The van der Waals surface area contributed by atoms with Gasteiger partial charge in [-0.05, 0) is 68.5 Å². The van der Waals surface area contributed by atoms with Gasteiger partial charge in [-0.3, -0.25) is 4.79 Å². The molecule has 0 fully saturated rings. The van der Waals surface area contributed by atoms with Crippen LogP contribution in [0.15, 0.2) is 53.3 Å². The molecule has 3 rings (SSSR count). The molecule has 0 saturated carbocycles. The van der Waals surface area contributed by atoms with Crippen molar-refractivity contribution in [3.63, 3.8) is 0 Å². The van der Waals surface area contributed by atoms with Gasteiger partial charge in [0, 0.05) is 22.9 Å². The van der Waals surface area contributed by atoms with Crippen LogP contribution in [0.25, 0.3) is 0 Å². The van der Waals surface area contributed by atoms with E-state index < -0.39 is 0 Å². The third-order valence-electron chi connectivity index (χ3n) is 5.02. The second-order valence-electron chi connectivity index (χ2n) is 7.50. The highest BCUT2D eigenvalue weighted by Crippen LogP contribution is 2.30. The number of imidazole rings is 1. The number of benzene rings is 2. The smallest absolute Gasteiger partial charge is 0.206 e. The minimum atomic E-state index is -0.351. The summed E-state index contributed by atoms with van der Waals surface area (Å²) >= 11 is 3.47. The summed E-state index contributed by atoms with van der Waals surface area (Å²) in [6.07, 6.45) is 4.08. The maximum absolute atomic E-state index is 13.5. The topological polar surface area (TPSA) is 55.1 Å². The van der Waals surface area contributed by atoms with Gasteiger partial charge in [-0.15, -0.1) is 0 Å². The summed E-state index contributed by atoms with van der Waals surface area (Å²) in [6.45, 7) is 7.85. The summed E-state index contributed by atoms with van der Waals surface area (Å²) in [4.78, 5) is 17.9. The fraction of sp³-hybridized carbons (Fsp3) is 0.304. The Morgan fingerprint density at radius 3 is 2.32 bits per heavy atom. The average molecular weight is 441 g/mol. The molecule has 0 radical (unpaired) electrons. The molecule has 3 aromatic rings. The number of carbonyl (C=O) groups is 1. The first-order chi connectivity index (χ1) is 13.3. The largest absolute Gasteiger partial charge is 0.507 e. The van der Waals surface area contributed by atoms with Crippen molar-refractivity contribution in [2.24, 2.45) is 0 Å². The van der Waals surface area contributed by atoms with Crippen LogP contribution in [-0.4, -0.2) is 20.4 Å². The maximum atomic E-state index is 13.5. The van der Waals surface area contributed by atoms with Crippen molar-refractivity contribution in [2.75, 3.05) is 0 Å². The molecule has 4 nitrogen and oxygen atoms in total. The molecule has 0 aliphatic rings. The molecule has 1 aromatic heterocycles. The summed E-state index contributed by atoms with van der Waals surface area (Å²) in [5.41, 5.74) is 3.62. The number of aromatic hydroxyl groups is 1. The van der Waals surface area contributed by atoms with Gasteiger partial charge in [-0.2, -0.15) is 0 Å². The highest BCUT2D eigenvalue weighted by atomic mass is 79.9. The van der Waals surface area contributed by atoms with E-state index in [2.05, 4.69) is 20.9 Å². The van der Waals surface area contributed by atoms with Crippen LogP contribution < -0.4 is 0 Å². The lowest BCUT2D eigenvalue weighted by atomic mass is 9.87. The summed E-state index contributed by atoms with van der Waals surface area (Å²) < 4.78 is 2.89. The molecule has 2 aromatic carbocycles. The molecular formula is C23H25BrN2O2. The molecule has 1 N–H and O–H groups in total. The first-order valence-corrected chi connectivity index (χ1v) is 10.2. The Morgan fingerprint density at radius 1 is 1.14 bits per heavy atom. The monoisotopic (exact) mass is 440 g/mol. The fourth-order valence-electron chi connectivity index (χ4n) is 3.53. The zero-order valence-corrected chi connectivity index (χ0v) is 18.2. The Bertz CT molecular complexity index is 967. The Balaban J connectivity index is 2.04. The molecule has 0 amide bonds. The molecule has 1 heterocycles. The van der Waals surface area contributed by atoms with Crippen LogP contribution in [0.4, 0.5) is 0 Å². The standard InChI is InChI=1S/C23H25BrN2O2/c1-14(2)26-10-9-25-23(26)22(28)20(18-5-7-19(24)8-6-18)13-17-11-15(3)21(27)16(4)12-17/h5-12,14,20,27H,13H2,1-4H3/t20-/m0/s1. The highest BCUT2D eigenvalue weighted by Gasteiger charge is 2.27. The van der Waals surface area contributed by atoms with Gasteiger partial charge in [0.2, 0.25) is 5.78 Å². The number of Topliss-reactive ketones (excluding diaryl/α,β-unsaturated/α-hetero) is 1. The van der Waals surface area contributed by atoms with E-state index in [1.165, 1.54) is 0 Å². The van der Waals surface area contributed by atoms with Gasteiger partial charge in [-0.25, -0.2) is 4.98 Å². The summed E-state index contributed by atoms with van der Waals surface area (Å²) in [6, 6.07) is 11.9. The lowest BCUT2D eigenvalue weighted by Crippen LogP contribution is -2.21. The van der Waals surface area contributed by atoms with E-state index in [1.54, 1.807) is 6.20 Å². The number of phenolic OH excluding ortho intramolecular Hbond substituents is 1. The summed E-state index contributed by atoms with van der Waals surface area (Å²) in [7, 11) is 0. The van der Waals surface area contributed by atoms with Crippen LogP contribution in [0.1, 0.15) is 58.7 Å². The fourth-order valence-corrected chi connectivity index (χ4v) is 3.80. The quantitative estimate of drug-likeness (QED) is 0.495. The van der Waals surface area contributed by atoms with Crippen molar-refractivity contribution in [3.05, 3.63) is 81.3 Å². The Morgan fingerprint density at radius 2 is 1.75 bits per heavy atom. The number of aromatic nitrogens is 2. The van der Waals surface area contributed by atoms with E-state index in [4.69, 9.17) is 0 Å². The van der Waals surface area contributed by atoms with Crippen LogP contribution in [-0.2, 0) is 6.42 Å². The summed E-state index contributed by atoms with van der Waals surface area (Å²) in [5.74, 6) is 0.446. The number of carbonyl (C=O) groups excluding carboxylic acids is 1. The number of halogens is 1. The molecular weight excluding hydrogens is 416 g/mol. The first-order valence-electron chi connectivity index (χ1n) is 9.39. The summed E-state index contributed by atoms with van der Waals surface area (Å²) in [5, 5.41) is 10.1. The van der Waals surface area contributed by atoms with Gasteiger partial charge in [0.05, 0.1) is 5.92 Å². The molecule has 146 valence electrons. The van der Waals surface area contributed by atoms with Gasteiger partial charge in [0.15, 0.2) is 5.82 Å². The van der Waals surface area contributed by atoms with Gasteiger partial charge >= 0.3 is 0 Å². The molecule has 5 heteroatoms.